The van der Waals surface area contributed by atoms with Crippen molar-refractivity contribution in [3.8, 4) is 0 Å². The van der Waals surface area contributed by atoms with Crippen LogP contribution in [0.4, 0.5) is 0 Å². The van der Waals surface area contributed by atoms with Gasteiger partial charge in [0.1, 0.15) is 5.78 Å². The first kappa shape index (κ1) is 13.4. The summed E-state index contributed by atoms with van der Waals surface area (Å²) in [4.78, 5) is 11.8. The Labute approximate surface area is 99.3 Å². The molecule has 0 aromatic rings. The van der Waals surface area contributed by atoms with Crippen molar-refractivity contribution in [2.45, 2.75) is 57.8 Å². The van der Waals surface area contributed by atoms with E-state index in [9.17, 15) is 4.79 Å². The number of hydrogen-bond acceptors (Lipinski definition) is 2. The van der Waals surface area contributed by atoms with E-state index in [1.165, 1.54) is 12.8 Å². The molecule has 0 radical (unpaired) electrons. The number of ketones is 1. The number of carbonyl (C=O) groups is 1. The maximum atomic E-state index is 11.8. The summed E-state index contributed by atoms with van der Waals surface area (Å²) in [5.41, 5.74) is 5.94. The minimum Gasteiger partial charge on any atom is -0.330 e. The average molecular weight is 223 g/mol. The van der Waals surface area contributed by atoms with Crippen LogP contribution in [0.5, 0.6) is 0 Å². The van der Waals surface area contributed by atoms with E-state index in [2.05, 4.69) is 6.58 Å². The van der Waals surface area contributed by atoms with Crippen molar-refractivity contribution in [2.24, 2.45) is 11.1 Å². The van der Waals surface area contributed by atoms with Crippen molar-refractivity contribution in [2.75, 3.05) is 6.54 Å². The lowest BCUT2D eigenvalue weighted by atomic mass is 9.65. The number of rotatable bonds is 9. The molecule has 0 saturated heterocycles. The summed E-state index contributed by atoms with van der Waals surface area (Å²) >= 11 is 0. The molecule has 0 unspecified atom stereocenters. The Morgan fingerprint density at radius 1 is 1.31 bits per heavy atom. The zero-order chi connectivity index (χ0) is 11.9. The number of carbonyl (C=O) groups excluding carboxylic acids is 1. The van der Waals surface area contributed by atoms with Crippen LogP contribution in [-0.4, -0.2) is 12.3 Å². The Morgan fingerprint density at radius 3 is 2.56 bits per heavy atom. The second kappa shape index (κ2) is 6.85. The molecule has 1 aliphatic rings. The summed E-state index contributed by atoms with van der Waals surface area (Å²) in [5, 5.41) is 0. The third-order valence-electron chi connectivity index (χ3n) is 3.78. The first-order chi connectivity index (χ1) is 7.72. The number of hydrogen-bond donors (Lipinski definition) is 1. The van der Waals surface area contributed by atoms with E-state index in [4.69, 9.17) is 5.73 Å². The van der Waals surface area contributed by atoms with E-state index in [0.29, 0.717) is 12.3 Å². The topological polar surface area (TPSA) is 43.1 Å². The highest BCUT2D eigenvalue weighted by molar-refractivity contribution is 5.79. The van der Waals surface area contributed by atoms with Gasteiger partial charge in [0, 0.05) is 12.8 Å². The Balaban J connectivity index is 2.08. The van der Waals surface area contributed by atoms with Gasteiger partial charge in [-0.05, 0) is 44.1 Å². The van der Waals surface area contributed by atoms with Crippen LogP contribution in [0.15, 0.2) is 12.7 Å². The lowest BCUT2D eigenvalue weighted by molar-refractivity contribution is -0.122. The van der Waals surface area contributed by atoms with E-state index in [-0.39, 0.29) is 5.41 Å². The second-order valence-electron chi connectivity index (χ2n) is 5.16. The summed E-state index contributed by atoms with van der Waals surface area (Å²) in [7, 11) is 0. The molecule has 0 amide bonds. The van der Waals surface area contributed by atoms with Gasteiger partial charge in [0.15, 0.2) is 0 Å². The molecule has 16 heavy (non-hydrogen) atoms. The highest BCUT2D eigenvalue weighted by Gasteiger charge is 2.36. The minimum absolute atomic E-state index is 0.193. The van der Waals surface area contributed by atoms with Gasteiger partial charge >= 0.3 is 0 Å². The number of Topliss-reactive ketones (excluding diaryl/α,β-unsaturated/α-hetero) is 1. The van der Waals surface area contributed by atoms with Crippen LogP contribution >= 0.6 is 0 Å². The average Bonchev–Trinajstić information content (AvgIpc) is 2.23. The molecular formula is C14H25NO. The van der Waals surface area contributed by atoms with E-state index in [1.54, 1.807) is 0 Å². The Bertz CT molecular complexity index is 225. The van der Waals surface area contributed by atoms with Crippen molar-refractivity contribution in [3.05, 3.63) is 12.7 Å². The van der Waals surface area contributed by atoms with Crippen LogP contribution in [0.25, 0.3) is 0 Å². The molecule has 2 nitrogen and oxygen atoms in total. The Morgan fingerprint density at radius 2 is 2.06 bits per heavy atom. The molecule has 0 aliphatic heterocycles. The van der Waals surface area contributed by atoms with Crippen molar-refractivity contribution in [1.82, 2.24) is 0 Å². The van der Waals surface area contributed by atoms with Crippen LogP contribution in [0.2, 0.25) is 0 Å². The standard InChI is InChI=1S/C14H25NO/c1-2-3-4-5-6-8-13(16)11-14(12-15)9-7-10-14/h2H,1,3-12,15H2. The summed E-state index contributed by atoms with van der Waals surface area (Å²) < 4.78 is 0. The number of nitrogens with two attached hydrogens (primary N) is 1. The molecule has 1 rings (SSSR count). The third kappa shape index (κ3) is 4.09. The van der Waals surface area contributed by atoms with Gasteiger partial charge in [-0.3, -0.25) is 4.79 Å². The quantitative estimate of drug-likeness (QED) is 0.482. The van der Waals surface area contributed by atoms with Crippen molar-refractivity contribution in [3.63, 3.8) is 0 Å². The monoisotopic (exact) mass is 223 g/mol. The van der Waals surface area contributed by atoms with Crippen LogP contribution in [0.1, 0.15) is 57.8 Å². The molecule has 1 aliphatic carbocycles. The molecule has 2 N–H and O–H groups in total. The number of allylic oxidation sites excluding steroid dienone is 1. The van der Waals surface area contributed by atoms with Gasteiger partial charge in [-0.2, -0.15) is 0 Å². The smallest absolute Gasteiger partial charge is 0.133 e. The minimum atomic E-state index is 0.193. The lowest BCUT2D eigenvalue weighted by Gasteiger charge is -2.40. The fourth-order valence-electron chi connectivity index (χ4n) is 2.42. The molecular weight excluding hydrogens is 198 g/mol. The molecule has 0 atom stereocenters. The molecule has 0 heterocycles. The van der Waals surface area contributed by atoms with Gasteiger partial charge in [-0.15, -0.1) is 6.58 Å². The van der Waals surface area contributed by atoms with Crippen LogP contribution < -0.4 is 5.73 Å². The maximum absolute atomic E-state index is 11.8. The Hall–Kier alpha value is -0.630. The maximum Gasteiger partial charge on any atom is 0.133 e. The van der Waals surface area contributed by atoms with Gasteiger partial charge in [0.2, 0.25) is 0 Å². The van der Waals surface area contributed by atoms with Gasteiger partial charge in [0.05, 0.1) is 0 Å². The molecule has 1 saturated carbocycles. The van der Waals surface area contributed by atoms with E-state index < -0.39 is 0 Å². The molecule has 0 aromatic carbocycles. The number of unbranched alkanes of at least 4 members (excludes halogenated alkanes) is 3. The van der Waals surface area contributed by atoms with Gasteiger partial charge in [-0.1, -0.05) is 18.9 Å². The summed E-state index contributed by atoms with van der Waals surface area (Å²) in [5.74, 6) is 0.420. The van der Waals surface area contributed by atoms with E-state index in [0.717, 1.165) is 44.9 Å². The summed E-state index contributed by atoms with van der Waals surface area (Å²) in [6.07, 6.45) is 11.4. The van der Waals surface area contributed by atoms with Gasteiger partial charge in [-0.25, -0.2) is 0 Å². The summed E-state index contributed by atoms with van der Waals surface area (Å²) in [6.45, 7) is 4.38. The first-order valence-corrected chi connectivity index (χ1v) is 6.55. The molecule has 92 valence electrons. The van der Waals surface area contributed by atoms with Gasteiger partial charge in [0.25, 0.3) is 0 Å². The second-order valence-corrected chi connectivity index (χ2v) is 5.16. The van der Waals surface area contributed by atoms with E-state index >= 15 is 0 Å². The molecule has 0 bridgehead atoms. The first-order valence-electron chi connectivity index (χ1n) is 6.55. The van der Waals surface area contributed by atoms with Gasteiger partial charge < -0.3 is 5.73 Å². The predicted octanol–water partition coefficient (Wildman–Crippen LogP) is 3.21. The lowest BCUT2D eigenvalue weighted by Crippen LogP contribution is -2.39. The fourth-order valence-corrected chi connectivity index (χ4v) is 2.42. The molecule has 1 fully saturated rings. The molecule has 2 heteroatoms. The van der Waals surface area contributed by atoms with E-state index in [1.807, 2.05) is 6.08 Å². The fraction of sp³-hybridized carbons (Fsp3) is 0.786. The SMILES string of the molecule is C=CCCCCCC(=O)CC1(CN)CCC1. The normalized spacial score (nSPS) is 17.8. The molecule has 0 aromatic heterocycles. The third-order valence-corrected chi connectivity index (χ3v) is 3.78. The zero-order valence-electron chi connectivity index (χ0n) is 10.3. The van der Waals surface area contributed by atoms with Crippen LogP contribution in [-0.2, 0) is 4.79 Å². The predicted molar refractivity (Wildman–Crippen MR) is 68.2 cm³/mol. The van der Waals surface area contributed by atoms with Crippen molar-refractivity contribution >= 4 is 5.78 Å². The van der Waals surface area contributed by atoms with Crippen molar-refractivity contribution in [1.29, 1.82) is 0 Å². The highest BCUT2D eigenvalue weighted by atomic mass is 16.1. The van der Waals surface area contributed by atoms with Crippen LogP contribution in [0, 0.1) is 5.41 Å². The Kier molecular flexibility index (Phi) is 5.75. The summed E-state index contributed by atoms with van der Waals surface area (Å²) in [6, 6.07) is 0. The molecule has 0 spiro atoms. The largest absolute Gasteiger partial charge is 0.330 e. The highest BCUT2D eigenvalue weighted by Crippen LogP contribution is 2.43. The van der Waals surface area contributed by atoms with Crippen LogP contribution in [0.3, 0.4) is 0 Å². The van der Waals surface area contributed by atoms with Crippen molar-refractivity contribution < 1.29 is 4.79 Å². The zero-order valence-corrected chi connectivity index (χ0v) is 10.3.